The highest BCUT2D eigenvalue weighted by atomic mass is 16.6. The molecule has 0 aliphatic carbocycles. The lowest BCUT2D eigenvalue weighted by molar-refractivity contribution is -0.384. The van der Waals surface area contributed by atoms with E-state index in [2.05, 4.69) is 5.32 Å². The Labute approximate surface area is 107 Å². The van der Waals surface area contributed by atoms with E-state index >= 15 is 0 Å². The molecule has 0 saturated carbocycles. The maximum atomic E-state index is 10.7. The molecule has 1 heterocycles. The van der Waals surface area contributed by atoms with Crippen LogP contribution in [0.5, 0.6) is 0 Å². The van der Waals surface area contributed by atoms with Crippen LogP contribution < -0.4 is 5.32 Å². The number of carbonyl (C=O) groups is 1. The summed E-state index contributed by atoms with van der Waals surface area (Å²) in [5, 5.41) is 22.2. The number of carboxylic acid groups (broad SMARTS) is 1. The summed E-state index contributed by atoms with van der Waals surface area (Å²) in [7, 11) is 0. The molecule has 0 bridgehead atoms. The number of carboxylic acids is 1. The first-order valence-electron chi connectivity index (χ1n) is 5.35. The van der Waals surface area contributed by atoms with Crippen LogP contribution in [0.15, 0.2) is 41.0 Å². The lowest BCUT2D eigenvalue weighted by Gasteiger charge is -2.03. The van der Waals surface area contributed by atoms with E-state index in [1.807, 2.05) is 0 Å². The van der Waals surface area contributed by atoms with Crippen LogP contribution in [-0.2, 0) is 6.54 Å². The number of nitro groups is 1. The molecule has 7 nitrogen and oxygen atoms in total. The largest absolute Gasteiger partial charge is 0.478 e. The Hall–Kier alpha value is -2.83. The van der Waals surface area contributed by atoms with Crippen molar-refractivity contribution >= 4 is 17.3 Å². The van der Waals surface area contributed by atoms with E-state index in [-0.39, 0.29) is 17.8 Å². The maximum Gasteiger partial charge on any atom is 0.338 e. The third-order valence-corrected chi connectivity index (χ3v) is 2.42. The van der Waals surface area contributed by atoms with Gasteiger partial charge in [-0.25, -0.2) is 4.79 Å². The second kappa shape index (κ2) is 5.21. The third-order valence-electron chi connectivity index (χ3n) is 2.42. The lowest BCUT2D eigenvalue weighted by atomic mass is 10.2. The van der Waals surface area contributed by atoms with Gasteiger partial charge >= 0.3 is 5.97 Å². The minimum atomic E-state index is -1.06. The highest BCUT2D eigenvalue weighted by molar-refractivity contribution is 5.87. The number of hydrogen-bond acceptors (Lipinski definition) is 5. The Bertz CT molecular complexity index is 620. The molecule has 0 spiro atoms. The molecular weight excluding hydrogens is 252 g/mol. The van der Waals surface area contributed by atoms with Gasteiger partial charge in [-0.2, -0.15) is 0 Å². The van der Waals surface area contributed by atoms with Crippen molar-refractivity contribution in [3.63, 3.8) is 0 Å². The molecule has 0 saturated heterocycles. The first kappa shape index (κ1) is 12.6. The molecule has 1 aromatic heterocycles. The SMILES string of the molecule is O=C(O)c1coc(CNc2cccc([N+](=O)[O-])c2)c1. The zero-order valence-electron chi connectivity index (χ0n) is 9.70. The number of nitro benzene ring substituents is 1. The predicted octanol–water partition coefficient (Wildman–Crippen LogP) is 2.50. The van der Waals surface area contributed by atoms with E-state index in [4.69, 9.17) is 9.52 Å². The van der Waals surface area contributed by atoms with E-state index in [9.17, 15) is 14.9 Å². The zero-order valence-corrected chi connectivity index (χ0v) is 9.70. The van der Waals surface area contributed by atoms with Crippen LogP contribution in [0.4, 0.5) is 11.4 Å². The summed E-state index contributed by atoms with van der Waals surface area (Å²) >= 11 is 0. The van der Waals surface area contributed by atoms with Gasteiger partial charge in [0.05, 0.1) is 17.0 Å². The van der Waals surface area contributed by atoms with Gasteiger partial charge < -0.3 is 14.8 Å². The molecule has 0 fully saturated rings. The normalized spacial score (nSPS) is 10.1. The van der Waals surface area contributed by atoms with Gasteiger partial charge in [-0.1, -0.05) is 6.07 Å². The summed E-state index contributed by atoms with van der Waals surface area (Å²) in [6.07, 6.45) is 1.15. The number of benzene rings is 1. The molecule has 0 radical (unpaired) electrons. The highest BCUT2D eigenvalue weighted by Crippen LogP contribution is 2.18. The molecule has 0 unspecified atom stereocenters. The maximum absolute atomic E-state index is 10.7. The zero-order chi connectivity index (χ0) is 13.8. The van der Waals surface area contributed by atoms with Gasteiger partial charge in [0.25, 0.3) is 5.69 Å². The van der Waals surface area contributed by atoms with Crippen LogP contribution in [-0.4, -0.2) is 16.0 Å². The van der Waals surface area contributed by atoms with Crippen molar-refractivity contribution in [2.75, 3.05) is 5.32 Å². The average molecular weight is 262 g/mol. The smallest absolute Gasteiger partial charge is 0.338 e. The lowest BCUT2D eigenvalue weighted by Crippen LogP contribution is -1.99. The van der Waals surface area contributed by atoms with E-state index in [1.54, 1.807) is 12.1 Å². The summed E-state index contributed by atoms with van der Waals surface area (Å²) in [4.78, 5) is 20.8. The monoisotopic (exact) mass is 262 g/mol. The molecule has 0 atom stereocenters. The highest BCUT2D eigenvalue weighted by Gasteiger charge is 2.09. The fourth-order valence-electron chi connectivity index (χ4n) is 1.50. The molecule has 0 amide bonds. The minimum absolute atomic E-state index is 0.0179. The van der Waals surface area contributed by atoms with Crippen molar-refractivity contribution in [1.82, 2.24) is 0 Å². The molecule has 2 rings (SSSR count). The molecular formula is C12H10N2O5. The Kier molecular flexibility index (Phi) is 3.46. The molecule has 1 aromatic carbocycles. The first-order valence-corrected chi connectivity index (χ1v) is 5.35. The molecule has 2 N–H and O–H groups in total. The molecule has 19 heavy (non-hydrogen) atoms. The number of furan rings is 1. The number of nitrogens with one attached hydrogen (secondary N) is 1. The Morgan fingerprint density at radius 3 is 2.84 bits per heavy atom. The topological polar surface area (TPSA) is 106 Å². The van der Waals surface area contributed by atoms with Crippen molar-refractivity contribution in [3.8, 4) is 0 Å². The number of rotatable bonds is 5. The molecule has 0 aliphatic heterocycles. The van der Waals surface area contributed by atoms with Crippen LogP contribution in [0.1, 0.15) is 16.1 Å². The Morgan fingerprint density at radius 1 is 1.42 bits per heavy atom. The summed E-state index contributed by atoms with van der Waals surface area (Å²) in [5.74, 6) is -0.630. The van der Waals surface area contributed by atoms with Crippen LogP contribution in [0.3, 0.4) is 0 Å². The van der Waals surface area contributed by atoms with Crippen molar-refractivity contribution in [1.29, 1.82) is 0 Å². The van der Waals surface area contributed by atoms with Crippen molar-refractivity contribution in [2.45, 2.75) is 6.54 Å². The standard InChI is InChI=1S/C12H10N2O5/c15-12(16)8-4-11(19-7-8)6-13-9-2-1-3-10(5-9)14(17)18/h1-5,7,13H,6H2,(H,15,16). The van der Waals surface area contributed by atoms with E-state index in [0.717, 1.165) is 6.26 Å². The fourth-order valence-corrected chi connectivity index (χ4v) is 1.50. The molecule has 98 valence electrons. The Morgan fingerprint density at radius 2 is 2.21 bits per heavy atom. The van der Waals surface area contributed by atoms with Gasteiger partial charge in [0, 0.05) is 17.8 Å². The van der Waals surface area contributed by atoms with Crippen LogP contribution >= 0.6 is 0 Å². The fraction of sp³-hybridized carbons (Fsp3) is 0.0833. The summed E-state index contributed by atoms with van der Waals surface area (Å²) in [5.41, 5.74) is 0.606. The van der Waals surface area contributed by atoms with Crippen molar-refractivity contribution < 1.29 is 19.2 Å². The van der Waals surface area contributed by atoms with Gasteiger partial charge in [0.2, 0.25) is 0 Å². The number of non-ortho nitro benzene ring substituents is 1. The average Bonchev–Trinajstić information content (AvgIpc) is 2.85. The van der Waals surface area contributed by atoms with Gasteiger partial charge in [0.15, 0.2) is 0 Å². The van der Waals surface area contributed by atoms with E-state index in [1.165, 1.54) is 18.2 Å². The van der Waals surface area contributed by atoms with Gasteiger partial charge in [0.1, 0.15) is 12.0 Å². The van der Waals surface area contributed by atoms with Crippen LogP contribution in [0.25, 0.3) is 0 Å². The van der Waals surface area contributed by atoms with E-state index in [0.29, 0.717) is 11.4 Å². The second-order valence-corrected chi connectivity index (χ2v) is 3.77. The molecule has 7 heteroatoms. The number of aromatic carboxylic acids is 1. The van der Waals surface area contributed by atoms with Crippen LogP contribution in [0, 0.1) is 10.1 Å². The summed E-state index contributed by atoms with van der Waals surface area (Å²) in [6.45, 7) is 0.244. The van der Waals surface area contributed by atoms with Gasteiger partial charge in [-0.15, -0.1) is 0 Å². The van der Waals surface area contributed by atoms with Gasteiger partial charge in [-0.05, 0) is 12.1 Å². The van der Waals surface area contributed by atoms with Crippen molar-refractivity contribution in [2.24, 2.45) is 0 Å². The predicted molar refractivity (Wildman–Crippen MR) is 66.1 cm³/mol. The van der Waals surface area contributed by atoms with E-state index < -0.39 is 10.9 Å². The summed E-state index contributed by atoms with van der Waals surface area (Å²) < 4.78 is 5.05. The third kappa shape index (κ3) is 3.09. The number of hydrogen-bond donors (Lipinski definition) is 2. The minimum Gasteiger partial charge on any atom is -0.478 e. The molecule has 0 aliphatic rings. The van der Waals surface area contributed by atoms with Gasteiger partial charge in [-0.3, -0.25) is 10.1 Å². The number of nitrogens with zero attached hydrogens (tertiary/aromatic N) is 1. The quantitative estimate of drug-likeness (QED) is 0.633. The Balaban J connectivity index is 2.03. The first-order chi connectivity index (χ1) is 9.06. The molecule has 2 aromatic rings. The van der Waals surface area contributed by atoms with Crippen molar-refractivity contribution in [3.05, 3.63) is 58.0 Å². The van der Waals surface area contributed by atoms with Crippen LogP contribution in [0.2, 0.25) is 0 Å². The summed E-state index contributed by atoms with van der Waals surface area (Å²) in [6, 6.07) is 7.41. The second-order valence-electron chi connectivity index (χ2n) is 3.77. The number of anilines is 1.